The van der Waals surface area contributed by atoms with Crippen LogP contribution in [0.15, 0.2) is 12.2 Å². The van der Waals surface area contributed by atoms with Crippen molar-refractivity contribution in [2.24, 2.45) is 10.8 Å². The molecule has 0 aromatic rings. The van der Waals surface area contributed by atoms with E-state index in [0.717, 1.165) is 44.9 Å². The molecule has 432 valence electrons. The van der Waals surface area contributed by atoms with Crippen molar-refractivity contribution >= 4 is 11.8 Å². The van der Waals surface area contributed by atoms with Gasteiger partial charge in [-0.15, -0.1) is 0 Å². The summed E-state index contributed by atoms with van der Waals surface area (Å²) < 4.78 is 23.1. The van der Waals surface area contributed by atoms with Crippen molar-refractivity contribution in [3.05, 3.63) is 12.2 Å². The van der Waals surface area contributed by atoms with Crippen LogP contribution in [0.3, 0.4) is 0 Å². The second kappa shape index (κ2) is 44.3. The van der Waals surface area contributed by atoms with Gasteiger partial charge in [-0.25, -0.2) is 0 Å². The summed E-state index contributed by atoms with van der Waals surface area (Å²) in [4.78, 5) is 26.4. The van der Waals surface area contributed by atoms with E-state index in [9.17, 15) is 35.1 Å². The first-order valence-corrected chi connectivity index (χ1v) is 30.0. The van der Waals surface area contributed by atoms with Gasteiger partial charge in [0.1, 0.15) is 30.5 Å². The molecule has 0 bridgehead atoms. The van der Waals surface area contributed by atoms with Gasteiger partial charge in [0, 0.05) is 31.9 Å². The van der Waals surface area contributed by atoms with Gasteiger partial charge >= 0.3 is 0 Å². The molecule has 0 aromatic carbocycles. The fourth-order valence-electron chi connectivity index (χ4n) is 9.77. The highest BCUT2D eigenvalue weighted by Crippen LogP contribution is 2.26. The summed E-state index contributed by atoms with van der Waals surface area (Å²) in [6.45, 7) is 13.3. The van der Waals surface area contributed by atoms with E-state index < -0.39 is 54.4 Å². The van der Waals surface area contributed by atoms with Crippen LogP contribution in [-0.4, -0.2) is 126 Å². The lowest BCUT2D eigenvalue weighted by atomic mass is 9.89. The predicted octanol–water partition coefficient (Wildman–Crippen LogP) is 11.7. The number of aliphatic hydroxyl groups is 5. The van der Waals surface area contributed by atoms with Gasteiger partial charge in [0.05, 0.1) is 38.6 Å². The van der Waals surface area contributed by atoms with E-state index in [4.69, 9.17) is 18.9 Å². The number of ether oxygens (including phenoxy) is 4. The fourth-order valence-corrected chi connectivity index (χ4v) is 9.77. The monoisotopic (exact) mass is 1040 g/mol. The summed E-state index contributed by atoms with van der Waals surface area (Å²) in [5, 5.41) is 60.8. The number of amides is 2. The van der Waals surface area contributed by atoms with E-state index in [2.05, 4.69) is 36.6 Å². The van der Waals surface area contributed by atoms with Gasteiger partial charge < -0.3 is 55.1 Å². The number of rotatable bonds is 50. The van der Waals surface area contributed by atoms with Gasteiger partial charge in [-0.1, -0.05) is 221 Å². The maximum atomic E-state index is 13.3. The summed E-state index contributed by atoms with van der Waals surface area (Å²) in [6.07, 6.45) is 33.1. The minimum atomic E-state index is -1.66. The Morgan fingerprint density at radius 2 is 1.03 bits per heavy atom. The van der Waals surface area contributed by atoms with Crippen molar-refractivity contribution in [3.8, 4) is 0 Å². The van der Waals surface area contributed by atoms with Gasteiger partial charge in [-0.2, -0.15) is 0 Å². The van der Waals surface area contributed by atoms with Crippen LogP contribution in [0.25, 0.3) is 0 Å². The first-order valence-electron chi connectivity index (χ1n) is 30.0. The average Bonchev–Trinajstić information content (AvgIpc) is 3.34. The molecule has 1 aliphatic rings. The van der Waals surface area contributed by atoms with Crippen LogP contribution in [-0.2, 0) is 28.5 Å². The molecule has 0 aromatic heterocycles. The van der Waals surface area contributed by atoms with E-state index in [1.54, 1.807) is 7.11 Å². The summed E-state index contributed by atoms with van der Waals surface area (Å²) in [5.74, 6) is -0.577. The molecule has 1 heterocycles. The third-order valence-corrected chi connectivity index (χ3v) is 14.4. The average molecular weight is 1040 g/mol. The molecule has 73 heavy (non-hydrogen) atoms. The van der Waals surface area contributed by atoms with Crippen LogP contribution in [0, 0.1) is 10.8 Å². The van der Waals surface area contributed by atoms with Crippen LogP contribution >= 0.6 is 0 Å². The van der Waals surface area contributed by atoms with E-state index in [1.165, 1.54) is 148 Å². The second-order valence-electron chi connectivity index (χ2n) is 23.4. The van der Waals surface area contributed by atoms with E-state index in [0.29, 0.717) is 32.7 Å². The van der Waals surface area contributed by atoms with Gasteiger partial charge in [0.25, 0.3) is 0 Å². The third-order valence-electron chi connectivity index (χ3n) is 14.4. The van der Waals surface area contributed by atoms with E-state index >= 15 is 0 Å². The number of methoxy groups -OCH3 is 1. The molecule has 2 amide bonds. The topological polar surface area (TPSA) is 196 Å². The molecular formula is C60H116N2O11. The van der Waals surface area contributed by atoms with Gasteiger partial charge in [-0.05, 0) is 43.9 Å². The standard InChI is InChI=1S/C60H116N2O11/c1-8-10-12-14-16-18-20-22-23-24-25-26-27-28-29-30-32-34-36-38-40-42-52(64)62-49(54(66)50(63)41-39-37-35-33-31-21-19-17-15-13-11-9-2)45-72-58-57(69)56(68)55(67)51(73-58)44-61-53(65)43-59(3,4)47-71-48-60(5,6)46-70-7/h22-23,49-51,54-58,63,66-69H,8-21,24-48H2,1-7H3,(H,61,65)(H,62,64)/b23-22-/t49-,50+,51?,54-,55?,56?,57?,58?/m0/s1. The number of hydrogen-bond acceptors (Lipinski definition) is 11. The highest BCUT2D eigenvalue weighted by molar-refractivity contribution is 5.76. The molecular weight excluding hydrogens is 925 g/mol. The summed E-state index contributed by atoms with van der Waals surface area (Å²) in [5.41, 5.74) is -0.674. The normalized spacial score (nSPS) is 19.9. The smallest absolute Gasteiger partial charge is 0.220 e. The summed E-state index contributed by atoms with van der Waals surface area (Å²) in [6, 6.07) is -1.03. The van der Waals surface area contributed by atoms with Crippen molar-refractivity contribution in [1.29, 1.82) is 0 Å². The summed E-state index contributed by atoms with van der Waals surface area (Å²) >= 11 is 0. The molecule has 1 saturated heterocycles. The molecule has 0 spiro atoms. The highest BCUT2D eigenvalue weighted by atomic mass is 16.7. The molecule has 13 heteroatoms. The van der Waals surface area contributed by atoms with Crippen LogP contribution in [0.4, 0.5) is 0 Å². The van der Waals surface area contributed by atoms with Crippen LogP contribution in [0.5, 0.6) is 0 Å². The zero-order valence-corrected chi connectivity index (χ0v) is 48.0. The van der Waals surface area contributed by atoms with Crippen molar-refractivity contribution in [1.82, 2.24) is 10.6 Å². The molecule has 0 radical (unpaired) electrons. The molecule has 8 atom stereocenters. The largest absolute Gasteiger partial charge is 0.390 e. The van der Waals surface area contributed by atoms with Crippen LogP contribution in [0.1, 0.15) is 260 Å². The Morgan fingerprint density at radius 1 is 0.575 bits per heavy atom. The molecule has 1 aliphatic heterocycles. The third kappa shape index (κ3) is 36.9. The molecule has 1 rings (SSSR count). The van der Waals surface area contributed by atoms with Crippen molar-refractivity contribution in [2.75, 3.05) is 40.1 Å². The Labute approximate surface area is 446 Å². The molecule has 7 N–H and O–H groups in total. The molecule has 1 fully saturated rings. The lowest BCUT2D eigenvalue weighted by Crippen LogP contribution is -2.61. The highest BCUT2D eigenvalue weighted by Gasteiger charge is 2.45. The van der Waals surface area contributed by atoms with Gasteiger partial charge in [-0.3, -0.25) is 9.59 Å². The zero-order chi connectivity index (χ0) is 54.0. The number of aliphatic hydroxyl groups excluding tert-OH is 5. The lowest BCUT2D eigenvalue weighted by molar-refractivity contribution is -0.297. The predicted molar refractivity (Wildman–Crippen MR) is 297 cm³/mol. The van der Waals surface area contributed by atoms with Gasteiger partial charge in [0.15, 0.2) is 6.29 Å². The Kier molecular flexibility index (Phi) is 42.1. The van der Waals surface area contributed by atoms with Crippen molar-refractivity contribution in [2.45, 2.75) is 309 Å². The first kappa shape index (κ1) is 69.3. The fraction of sp³-hybridized carbons (Fsp3) is 0.933. The van der Waals surface area contributed by atoms with E-state index in [1.807, 2.05) is 27.7 Å². The number of unbranched alkanes of at least 4 members (excludes halogenated alkanes) is 28. The van der Waals surface area contributed by atoms with E-state index in [-0.39, 0.29) is 43.2 Å². The maximum absolute atomic E-state index is 13.3. The SMILES string of the molecule is CCCCCCCC/C=C\CCCCCCCCCCCCCC(=O)N[C@@H](COC1OC(CNC(=O)CC(C)(C)COCC(C)(C)COC)C(O)C(O)C1O)[C@H](O)[C@H](O)CCCCCCCCCCCCCC. The van der Waals surface area contributed by atoms with Crippen molar-refractivity contribution < 1.29 is 54.1 Å². The Bertz CT molecular complexity index is 1330. The number of carbonyl (C=O) groups excluding carboxylic acids is 2. The van der Waals surface area contributed by atoms with Crippen molar-refractivity contribution in [3.63, 3.8) is 0 Å². The number of carbonyl (C=O) groups is 2. The minimum Gasteiger partial charge on any atom is -0.390 e. The minimum absolute atomic E-state index is 0.130. The maximum Gasteiger partial charge on any atom is 0.220 e. The lowest BCUT2D eigenvalue weighted by Gasteiger charge is -2.41. The van der Waals surface area contributed by atoms with Crippen LogP contribution in [0.2, 0.25) is 0 Å². The molecule has 5 unspecified atom stereocenters. The Balaban J connectivity index is 2.63. The number of nitrogens with one attached hydrogen (secondary N) is 2. The summed E-state index contributed by atoms with van der Waals surface area (Å²) in [7, 11) is 1.65. The molecule has 13 nitrogen and oxygen atoms in total. The Hall–Kier alpha value is -1.68. The zero-order valence-electron chi connectivity index (χ0n) is 48.0. The quantitative estimate of drug-likeness (QED) is 0.0226. The van der Waals surface area contributed by atoms with Crippen LogP contribution < -0.4 is 10.6 Å². The molecule has 0 aliphatic carbocycles. The Morgan fingerprint density at radius 3 is 1.52 bits per heavy atom. The number of allylic oxidation sites excluding steroid dienone is 2. The number of hydrogen-bond donors (Lipinski definition) is 7. The first-order chi connectivity index (χ1) is 35.1. The molecule has 0 saturated carbocycles. The second-order valence-corrected chi connectivity index (χ2v) is 23.4. The van der Waals surface area contributed by atoms with Gasteiger partial charge in [0.2, 0.25) is 11.8 Å².